The number of nitrogens with zero attached hydrogens (tertiary/aromatic N) is 3. The maximum Gasteiger partial charge on any atom is 0.230 e. The second-order valence-corrected chi connectivity index (χ2v) is 8.59. The van der Waals surface area contributed by atoms with Gasteiger partial charge in [-0.05, 0) is 30.4 Å². The fourth-order valence-corrected chi connectivity index (χ4v) is 3.91. The van der Waals surface area contributed by atoms with E-state index in [1.807, 2.05) is 48.9 Å². The van der Waals surface area contributed by atoms with Crippen molar-refractivity contribution in [3.63, 3.8) is 0 Å². The van der Waals surface area contributed by atoms with E-state index in [9.17, 15) is 4.79 Å². The van der Waals surface area contributed by atoms with Gasteiger partial charge in [-0.2, -0.15) is 0 Å². The van der Waals surface area contributed by atoms with Crippen molar-refractivity contribution >= 4 is 17.7 Å². The lowest BCUT2D eigenvalue weighted by Crippen LogP contribution is -2.28. The average molecular weight is 409 g/mol. The topological polar surface area (TPSA) is 59.8 Å². The van der Waals surface area contributed by atoms with E-state index in [2.05, 4.69) is 53.6 Å². The van der Waals surface area contributed by atoms with Gasteiger partial charge in [0, 0.05) is 12.6 Å². The zero-order chi connectivity index (χ0) is 20.8. The molecule has 0 radical (unpaired) electrons. The smallest absolute Gasteiger partial charge is 0.230 e. The van der Waals surface area contributed by atoms with E-state index in [0.29, 0.717) is 11.7 Å². The Morgan fingerprint density at radius 2 is 1.72 bits per heavy atom. The van der Waals surface area contributed by atoms with Gasteiger partial charge in [0.25, 0.3) is 0 Å². The van der Waals surface area contributed by atoms with Crippen LogP contribution in [0.1, 0.15) is 37.9 Å². The largest absolute Gasteiger partial charge is 0.349 e. The minimum Gasteiger partial charge on any atom is -0.349 e. The minimum atomic E-state index is -0.0319. The Morgan fingerprint density at radius 1 is 1.03 bits per heavy atom. The molecular formula is C23H28N4OS. The summed E-state index contributed by atoms with van der Waals surface area (Å²) in [6.45, 7) is 6.44. The highest BCUT2D eigenvalue weighted by molar-refractivity contribution is 7.99. The van der Waals surface area contributed by atoms with Crippen LogP contribution in [0.25, 0.3) is 11.4 Å². The molecule has 3 rings (SSSR count). The fourth-order valence-electron chi connectivity index (χ4n) is 3.19. The van der Waals surface area contributed by atoms with E-state index in [1.54, 1.807) is 0 Å². The first-order valence-corrected chi connectivity index (χ1v) is 10.9. The first-order valence-electron chi connectivity index (χ1n) is 9.90. The summed E-state index contributed by atoms with van der Waals surface area (Å²) in [5, 5.41) is 12.3. The molecule has 6 heteroatoms. The molecule has 5 nitrogen and oxygen atoms in total. The van der Waals surface area contributed by atoms with Gasteiger partial charge in [-0.1, -0.05) is 80.2 Å². The summed E-state index contributed by atoms with van der Waals surface area (Å²) in [7, 11) is 1.92. The number of carbonyl (C=O) groups is 1. The molecule has 0 aliphatic carbocycles. The summed E-state index contributed by atoms with van der Waals surface area (Å²) < 4.78 is 1.92. The molecule has 1 aromatic heterocycles. The van der Waals surface area contributed by atoms with E-state index in [-0.39, 0.29) is 11.9 Å². The molecule has 0 unspecified atom stereocenters. The van der Waals surface area contributed by atoms with E-state index < -0.39 is 0 Å². The van der Waals surface area contributed by atoms with Crippen LogP contribution in [0.5, 0.6) is 0 Å². The summed E-state index contributed by atoms with van der Waals surface area (Å²) in [6.07, 6.45) is 1.07. The van der Waals surface area contributed by atoms with Gasteiger partial charge in [0.2, 0.25) is 5.91 Å². The van der Waals surface area contributed by atoms with Crippen LogP contribution < -0.4 is 5.32 Å². The van der Waals surface area contributed by atoms with Crippen molar-refractivity contribution in [1.29, 1.82) is 0 Å². The van der Waals surface area contributed by atoms with Crippen LogP contribution in [0.2, 0.25) is 0 Å². The number of benzene rings is 2. The molecule has 0 saturated heterocycles. The first-order chi connectivity index (χ1) is 13.9. The van der Waals surface area contributed by atoms with Gasteiger partial charge in [-0.25, -0.2) is 0 Å². The van der Waals surface area contributed by atoms with Crippen LogP contribution >= 0.6 is 11.8 Å². The SMILES string of the molecule is CC(C)Cc1ccc([C@H](C)NC(=O)CSc2nnc(-c3ccccc3)n2C)cc1. The highest BCUT2D eigenvalue weighted by atomic mass is 32.2. The molecule has 3 aromatic rings. The Balaban J connectivity index is 1.54. The van der Waals surface area contributed by atoms with Crippen molar-refractivity contribution in [1.82, 2.24) is 20.1 Å². The summed E-state index contributed by atoms with van der Waals surface area (Å²) in [4.78, 5) is 12.4. The number of hydrogen-bond donors (Lipinski definition) is 1. The fraction of sp³-hybridized carbons (Fsp3) is 0.348. The molecule has 1 amide bonds. The predicted octanol–water partition coefficient (Wildman–Crippen LogP) is 4.65. The third kappa shape index (κ3) is 5.70. The second kappa shape index (κ2) is 9.74. The van der Waals surface area contributed by atoms with Gasteiger partial charge >= 0.3 is 0 Å². The molecule has 2 aromatic carbocycles. The van der Waals surface area contributed by atoms with Crippen molar-refractivity contribution < 1.29 is 4.79 Å². The Kier molecular flexibility index (Phi) is 7.09. The van der Waals surface area contributed by atoms with Crippen LogP contribution in [-0.2, 0) is 18.3 Å². The van der Waals surface area contributed by atoms with Crippen LogP contribution in [0.15, 0.2) is 59.8 Å². The number of nitrogens with one attached hydrogen (secondary N) is 1. The highest BCUT2D eigenvalue weighted by Crippen LogP contribution is 2.22. The van der Waals surface area contributed by atoms with Gasteiger partial charge in [0.15, 0.2) is 11.0 Å². The van der Waals surface area contributed by atoms with Crippen LogP contribution in [0, 0.1) is 5.92 Å². The lowest BCUT2D eigenvalue weighted by atomic mass is 10.00. The molecule has 1 heterocycles. The molecule has 0 fully saturated rings. The number of rotatable bonds is 8. The standard InChI is InChI=1S/C23H28N4OS/c1-16(2)14-18-10-12-19(13-11-18)17(3)24-21(28)15-29-23-26-25-22(27(23)4)20-8-6-5-7-9-20/h5-13,16-17H,14-15H2,1-4H3,(H,24,28)/t17-/m0/s1. The monoisotopic (exact) mass is 408 g/mol. The number of thioether (sulfide) groups is 1. The molecule has 0 saturated carbocycles. The third-order valence-electron chi connectivity index (χ3n) is 4.70. The molecule has 29 heavy (non-hydrogen) atoms. The van der Waals surface area contributed by atoms with E-state index in [4.69, 9.17) is 0 Å². The summed E-state index contributed by atoms with van der Waals surface area (Å²) in [6, 6.07) is 18.4. The third-order valence-corrected chi connectivity index (χ3v) is 5.72. The summed E-state index contributed by atoms with van der Waals surface area (Å²) >= 11 is 1.39. The Hall–Kier alpha value is -2.60. The van der Waals surface area contributed by atoms with E-state index in [0.717, 1.165) is 28.5 Å². The Bertz CT molecular complexity index is 935. The molecule has 0 aliphatic heterocycles. The van der Waals surface area contributed by atoms with Crippen molar-refractivity contribution in [2.75, 3.05) is 5.75 Å². The van der Waals surface area contributed by atoms with Gasteiger partial charge in [-0.15, -0.1) is 10.2 Å². The predicted molar refractivity (Wildman–Crippen MR) is 119 cm³/mol. The second-order valence-electron chi connectivity index (χ2n) is 7.65. The van der Waals surface area contributed by atoms with Crippen molar-refractivity contribution in [2.24, 2.45) is 13.0 Å². The lowest BCUT2D eigenvalue weighted by Gasteiger charge is -2.15. The molecule has 1 N–H and O–H groups in total. The summed E-state index contributed by atoms with van der Waals surface area (Å²) in [5.41, 5.74) is 3.45. The zero-order valence-electron chi connectivity index (χ0n) is 17.4. The molecular weight excluding hydrogens is 380 g/mol. The maximum absolute atomic E-state index is 12.4. The maximum atomic E-state index is 12.4. The first kappa shape index (κ1) is 21.1. The average Bonchev–Trinajstić information content (AvgIpc) is 3.07. The zero-order valence-corrected chi connectivity index (χ0v) is 18.2. The normalized spacial score (nSPS) is 12.2. The quantitative estimate of drug-likeness (QED) is 0.551. The van der Waals surface area contributed by atoms with Crippen molar-refractivity contribution in [2.45, 2.75) is 38.4 Å². The Labute approximate surface area is 176 Å². The summed E-state index contributed by atoms with van der Waals surface area (Å²) in [5.74, 6) is 1.72. The van der Waals surface area contributed by atoms with E-state index in [1.165, 1.54) is 17.3 Å². The number of amides is 1. The molecule has 0 bridgehead atoms. The van der Waals surface area contributed by atoms with E-state index >= 15 is 0 Å². The molecule has 1 atom stereocenters. The number of carbonyl (C=O) groups excluding carboxylic acids is 1. The minimum absolute atomic E-state index is 0.0157. The Morgan fingerprint density at radius 3 is 2.38 bits per heavy atom. The van der Waals surface area contributed by atoms with Crippen molar-refractivity contribution in [3.8, 4) is 11.4 Å². The molecule has 152 valence electrons. The van der Waals surface area contributed by atoms with Gasteiger partial charge in [0.1, 0.15) is 0 Å². The van der Waals surface area contributed by atoms with Crippen LogP contribution in [0.4, 0.5) is 0 Å². The number of hydrogen-bond acceptors (Lipinski definition) is 4. The van der Waals surface area contributed by atoms with Crippen molar-refractivity contribution in [3.05, 3.63) is 65.7 Å². The van der Waals surface area contributed by atoms with Crippen LogP contribution in [-0.4, -0.2) is 26.4 Å². The number of aromatic nitrogens is 3. The lowest BCUT2D eigenvalue weighted by molar-refractivity contribution is -0.119. The molecule has 0 spiro atoms. The van der Waals surface area contributed by atoms with Gasteiger partial charge < -0.3 is 9.88 Å². The van der Waals surface area contributed by atoms with Gasteiger partial charge in [-0.3, -0.25) is 4.79 Å². The molecule has 0 aliphatic rings. The van der Waals surface area contributed by atoms with Gasteiger partial charge in [0.05, 0.1) is 11.8 Å². The highest BCUT2D eigenvalue weighted by Gasteiger charge is 2.14. The van der Waals surface area contributed by atoms with Crippen LogP contribution in [0.3, 0.4) is 0 Å².